The zero-order valence-electron chi connectivity index (χ0n) is 2.71. The quantitative estimate of drug-likeness (QED) is 0.410. The number of hydrogen-bond acceptors (Lipinski definition) is 3. The first-order valence-corrected chi connectivity index (χ1v) is 2.06. The van der Waals surface area contributed by atoms with Crippen molar-refractivity contribution in [2.75, 3.05) is 0 Å². The molecule has 0 spiro atoms. The third kappa shape index (κ3) is 44.4. The van der Waals surface area contributed by atoms with E-state index in [4.69, 9.17) is 12.1 Å². The van der Waals surface area contributed by atoms with Gasteiger partial charge in [0, 0.05) is 0 Å². The second kappa shape index (κ2) is 9.83. The summed E-state index contributed by atoms with van der Waals surface area (Å²) >= 11 is -3.79. The molecule has 0 N–H and O–H groups in total. The number of rotatable bonds is 0. The van der Waals surface area contributed by atoms with E-state index in [-0.39, 0.29) is 43.6 Å². The summed E-state index contributed by atoms with van der Waals surface area (Å²) in [4.78, 5) is 0. The minimum atomic E-state index is -3.79. The molecule has 0 unspecified atom stereocenters. The van der Waals surface area contributed by atoms with Gasteiger partial charge in [-0.15, -0.1) is 0 Å². The van der Waals surface area contributed by atoms with Gasteiger partial charge in [0.05, 0.1) is 0 Å². The van der Waals surface area contributed by atoms with Gasteiger partial charge < -0.3 is 0 Å². The standard InChI is InChI=1S/Al.Cr.3O.Zr/q+3;;;2*-1;+4. The van der Waals surface area contributed by atoms with Gasteiger partial charge in [-0.3, -0.25) is 0 Å². The van der Waals surface area contributed by atoms with Gasteiger partial charge in [-0.25, -0.2) is 0 Å². The first kappa shape index (κ1) is 15.6. The van der Waals surface area contributed by atoms with Gasteiger partial charge in [-0.05, 0) is 0 Å². The van der Waals surface area contributed by atoms with Crippen LogP contribution in [0, 0.1) is 0 Å². The summed E-state index contributed by atoms with van der Waals surface area (Å²) in [7, 11) is 0. The van der Waals surface area contributed by atoms with Gasteiger partial charge in [0.25, 0.3) is 0 Å². The fourth-order valence-corrected chi connectivity index (χ4v) is 0. The predicted molar refractivity (Wildman–Crippen MR) is 6.44 cm³/mol. The predicted octanol–water partition coefficient (Wildman–Crippen LogP) is -2.88. The van der Waals surface area contributed by atoms with E-state index in [0.717, 1.165) is 0 Å². The summed E-state index contributed by atoms with van der Waals surface area (Å²) in [6, 6.07) is 0. The van der Waals surface area contributed by atoms with Crippen molar-refractivity contribution in [1.29, 1.82) is 0 Å². The van der Waals surface area contributed by atoms with Crippen LogP contribution >= 0.6 is 0 Å². The monoisotopic (exact) mass is 217 g/mol. The molecule has 0 aliphatic carbocycles. The van der Waals surface area contributed by atoms with Gasteiger partial charge in [-0.2, -0.15) is 0 Å². The van der Waals surface area contributed by atoms with Crippen LogP contribution in [0.25, 0.3) is 0 Å². The first-order chi connectivity index (χ1) is 1.73. The van der Waals surface area contributed by atoms with Crippen molar-refractivity contribution >= 4 is 17.4 Å². The maximum Gasteiger partial charge on any atom is 4.00 e. The largest absolute Gasteiger partial charge is 4.00 e. The molecule has 0 aromatic carbocycles. The summed E-state index contributed by atoms with van der Waals surface area (Å²) in [6.07, 6.45) is 0. The minimum Gasteiger partial charge on any atom is 4.00 e. The smallest absolute Gasteiger partial charge is 4.00 e. The Morgan fingerprint density at radius 3 is 1.33 bits per heavy atom. The average molecular weight is 218 g/mol. The Bertz CT molecular complexity index is 33.8. The third-order valence-electron chi connectivity index (χ3n) is 0. The van der Waals surface area contributed by atoms with Crippen LogP contribution < -0.4 is 8.32 Å². The first-order valence-electron chi connectivity index (χ1n) is 0.500. The fourth-order valence-electron chi connectivity index (χ4n) is 0. The molecular formula is AlCrO3Zr+5. The van der Waals surface area contributed by atoms with Crippen molar-refractivity contribution in [3.63, 3.8) is 0 Å². The second-order valence-corrected chi connectivity index (χ2v) is 0.842. The van der Waals surface area contributed by atoms with Crippen LogP contribution in [-0.2, 0) is 44.8 Å². The van der Waals surface area contributed by atoms with E-state index in [9.17, 15) is 0 Å². The van der Waals surface area contributed by atoms with E-state index in [0.29, 0.717) is 0 Å². The van der Waals surface area contributed by atoms with E-state index >= 15 is 0 Å². The molecular weight excluding hydrogens is 218 g/mol. The van der Waals surface area contributed by atoms with Crippen LogP contribution in [0.5, 0.6) is 0 Å². The van der Waals surface area contributed by atoms with Crippen molar-refractivity contribution in [2.24, 2.45) is 0 Å². The van der Waals surface area contributed by atoms with E-state index in [2.05, 4.69) is 0 Å². The average Bonchev–Trinajstić information content (AvgIpc) is 0.811. The van der Waals surface area contributed by atoms with Crippen molar-refractivity contribution in [3.05, 3.63) is 0 Å². The Balaban J connectivity index is -0.0000000450. The van der Waals surface area contributed by atoms with E-state index in [1.54, 1.807) is 0 Å². The molecule has 0 rings (SSSR count). The molecule has 6 heteroatoms. The van der Waals surface area contributed by atoms with Crippen molar-refractivity contribution in [2.45, 2.75) is 0 Å². The molecule has 26 valence electrons. The molecule has 6 heavy (non-hydrogen) atoms. The molecule has 0 saturated heterocycles. The molecule has 0 amide bonds. The van der Waals surface area contributed by atoms with Crippen LogP contribution in [0.15, 0.2) is 0 Å². The Labute approximate surface area is 69.9 Å². The number of hydrogen-bond donors (Lipinski definition) is 0. The van der Waals surface area contributed by atoms with Crippen LogP contribution in [-0.4, -0.2) is 17.4 Å². The molecule has 0 saturated carbocycles. The Morgan fingerprint density at radius 1 is 1.33 bits per heavy atom. The summed E-state index contributed by atoms with van der Waals surface area (Å²) in [6.45, 7) is 0. The molecule has 0 aromatic rings. The van der Waals surface area contributed by atoms with Gasteiger partial charge in [-0.1, -0.05) is 0 Å². The van der Waals surface area contributed by atoms with Gasteiger partial charge in [0.15, 0.2) is 0 Å². The van der Waals surface area contributed by atoms with Crippen molar-refractivity contribution in [1.82, 2.24) is 0 Å². The topological polar surface area (TPSA) is 63.2 Å². The van der Waals surface area contributed by atoms with Crippen molar-refractivity contribution in [3.8, 4) is 0 Å². The summed E-state index contributed by atoms with van der Waals surface area (Å²) in [5.41, 5.74) is 0. The maximum absolute atomic E-state index is 8.54. The Hall–Kier alpha value is 1.67. The molecule has 0 radical (unpaired) electrons. The van der Waals surface area contributed by atoms with Crippen LogP contribution in [0.4, 0.5) is 0 Å². The zero-order chi connectivity index (χ0) is 3.58. The molecule has 0 heterocycles. The van der Waals surface area contributed by atoms with E-state index in [1.165, 1.54) is 0 Å². The van der Waals surface area contributed by atoms with Gasteiger partial charge in [0.2, 0.25) is 0 Å². The summed E-state index contributed by atoms with van der Waals surface area (Å²) in [5, 5.41) is 0. The van der Waals surface area contributed by atoms with Crippen molar-refractivity contribution < 1.29 is 53.1 Å². The van der Waals surface area contributed by atoms with Crippen LogP contribution in [0.3, 0.4) is 0 Å². The minimum absolute atomic E-state index is 0. The van der Waals surface area contributed by atoms with Gasteiger partial charge in [0.1, 0.15) is 0 Å². The fraction of sp³-hybridized carbons (Fsp3) is 0. The van der Waals surface area contributed by atoms with E-state index < -0.39 is 14.8 Å². The molecule has 0 aliphatic rings. The SMILES string of the molecule is [Al+3].[O]=[Cr]([O-])[O-].[Zr+4]. The molecule has 0 aliphatic heterocycles. The second-order valence-electron chi connectivity index (χ2n) is 0.204. The normalized spacial score (nSPS) is 5.83. The van der Waals surface area contributed by atoms with Gasteiger partial charge >= 0.3 is 70.4 Å². The molecule has 3 nitrogen and oxygen atoms in total. The third-order valence-corrected chi connectivity index (χ3v) is 0. The van der Waals surface area contributed by atoms with E-state index in [1.807, 2.05) is 0 Å². The molecule has 0 fully saturated rings. The molecule has 0 atom stereocenters. The zero-order valence-corrected chi connectivity index (χ0v) is 7.60. The molecule has 0 aromatic heterocycles. The van der Waals surface area contributed by atoms with Crippen LogP contribution in [0.2, 0.25) is 0 Å². The Kier molecular flexibility index (Phi) is 25.6. The van der Waals surface area contributed by atoms with Crippen LogP contribution in [0.1, 0.15) is 0 Å². The molecule has 0 bridgehead atoms. The Morgan fingerprint density at radius 2 is 1.33 bits per heavy atom. The summed E-state index contributed by atoms with van der Waals surface area (Å²) in [5.74, 6) is 0. The maximum atomic E-state index is 8.54. The summed E-state index contributed by atoms with van der Waals surface area (Å²) < 4.78 is 25.6.